The quantitative estimate of drug-likeness (QED) is 0.740. The van der Waals surface area contributed by atoms with Gasteiger partial charge in [0.2, 0.25) is 11.9 Å². The number of carbonyl (C=O) groups is 2. The molecule has 0 aliphatic carbocycles. The minimum absolute atomic E-state index is 0.0472. The van der Waals surface area contributed by atoms with Crippen molar-refractivity contribution in [2.24, 2.45) is 0 Å². The van der Waals surface area contributed by atoms with Crippen molar-refractivity contribution < 1.29 is 14.0 Å². The minimum atomic E-state index is -0.656. The molecular formula is C14H19FN4O2. The van der Waals surface area contributed by atoms with E-state index in [-0.39, 0.29) is 11.8 Å². The van der Waals surface area contributed by atoms with E-state index < -0.39 is 5.95 Å². The summed E-state index contributed by atoms with van der Waals surface area (Å²) >= 11 is 0. The number of nitrogens with zero attached hydrogens (tertiary/aromatic N) is 4. The minimum Gasteiger partial charge on any atom is -0.348 e. The van der Waals surface area contributed by atoms with Crippen LogP contribution >= 0.6 is 0 Å². The molecule has 1 aliphatic heterocycles. The van der Waals surface area contributed by atoms with Gasteiger partial charge in [-0.2, -0.15) is 4.39 Å². The topological polar surface area (TPSA) is 56.8 Å². The summed E-state index contributed by atoms with van der Waals surface area (Å²) < 4.78 is 13.0. The van der Waals surface area contributed by atoms with Crippen molar-refractivity contribution in [3.8, 4) is 0 Å². The highest BCUT2D eigenvalue weighted by Crippen LogP contribution is 2.09. The zero-order valence-electron chi connectivity index (χ0n) is 12.3. The van der Waals surface area contributed by atoms with Crippen molar-refractivity contribution in [3.63, 3.8) is 0 Å². The van der Waals surface area contributed by atoms with Gasteiger partial charge in [-0.3, -0.25) is 14.5 Å². The van der Waals surface area contributed by atoms with Crippen LogP contribution in [-0.4, -0.2) is 78.3 Å². The standard InChI is InChI=1S/C14H19FN4O2/c1-17(2)13(20)10-18-5-7-19(8-6-18)14(21)11-3-4-16-12(15)9-11/h3-4,9H,5-8,10H2,1-2H3. The number of hydrogen-bond donors (Lipinski definition) is 0. The van der Waals surface area contributed by atoms with Crippen molar-refractivity contribution in [1.82, 2.24) is 19.7 Å². The number of carbonyl (C=O) groups excluding carboxylic acids is 2. The Morgan fingerprint density at radius 2 is 1.95 bits per heavy atom. The van der Waals surface area contributed by atoms with Crippen molar-refractivity contribution in [2.45, 2.75) is 0 Å². The molecule has 0 unspecified atom stereocenters. The molecule has 2 amide bonds. The molecule has 2 heterocycles. The molecule has 0 aromatic carbocycles. The lowest BCUT2D eigenvalue weighted by Crippen LogP contribution is -2.51. The van der Waals surface area contributed by atoms with Gasteiger partial charge >= 0.3 is 0 Å². The monoisotopic (exact) mass is 294 g/mol. The fourth-order valence-corrected chi connectivity index (χ4v) is 2.16. The number of piperazine rings is 1. The molecule has 114 valence electrons. The fourth-order valence-electron chi connectivity index (χ4n) is 2.16. The molecular weight excluding hydrogens is 275 g/mol. The van der Waals surface area contributed by atoms with Crippen molar-refractivity contribution in [2.75, 3.05) is 46.8 Å². The third-order valence-corrected chi connectivity index (χ3v) is 3.49. The first-order chi connectivity index (χ1) is 9.97. The number of rotatable bonds is 3. The summed E-state index contributed by atoms with van der Waals surface area (Å²) in [6.45, 7) is 2.70. The van der Waals surface area contributed by atoms with Gasteiger partial charge in [-0.05, 0) is 6.07 Å². The van der Waals surface area contributed by atoms with Gasteiger partial charge in [0.15, 0.2) is 0 Å². The maximum absolute atomic E-state index is 13.0. The van der Waals surface area contributed by atoms with E-state index in [4.69, 9.17) is 0 Å². The Morgan fingerprint density at radius 1 is 1.29 bits per heavy atom. The molecule has 1 aromatic rings. The summed E-state index contributed by atoms with van der Waals surface area (Å²) in [5.41, 5.74) is 0.306. The molecule has 1 aliphatic rings. The van der Waals surface area contributed by atoms with Crippen LogP contribution in [0.4, 0.5) is 4.39 Å². The molecule has 1 saturated heterocycles. The van der Waals surface area contributed by atoms with Crippen molar-refractivity contribution >= 4 is 11.8 Å². The van der Waals surface area contributed by atoms with Crippen LogP contribution in [0.5, 0.6) is 0 Å². The lowest BCUT2D eigenvalue weighted by molar-refractivity contribution is -0.130. The number of hydrogen-bond acceptors (Lipinski definition) is 4. The Morgan fingerprint density at radius 3 is 2.52 bits per heavy atom. The number of aromatic nitrogens is 1. The van der Waals surface area contributed by atoms with Crippen LogP contribution in [0.3, 0.4) is 0 Å². The van der Waals surface area contributed by atoms with E-state index in [1.807, 2.05) is 4.90 Å². The SMILES string of the molecule is CN(C)C(=O)CN1CCN(C(=O)c2ccnc(F)c2)CC1. The number of amides is 2. The van der Waals surface area contributed by atoms with Gasteiger partial charge in [-0.15, -0.1) is 0 Å². The highest BCUT2D eigenvalue weighted by atomic mass is 19.1. The highest BCUT2D eigenvalue weighted by Gasteiger charge is 2.23. The smallest absolute Gasteiger partial charge is 0.254 e. The number of pyridine rings is 1. The molecule has 0 saturated carbocycles. The summed E-state index contributed by atoms with van der Waals surface area (Å²) in [7, 11) is 3.44. The Hall–Kier alpha value is -2.02. The first-order valence-electron chi connectivity index (χ1n) is 6.80. The number of likely N-dealkylation sites (N-methyl/N-ethyl adjacent to an activating group) is 1. The average molecular weight is 294 g/mol. The summed E-state index contributed by atoms with van der Waals surface area (Å²) in [6.07, 6.45) is 1.29. The van der Waals surface area contributed by atoms with Gasteiger partial charge in [-0.25, -0.2) is 4.98 Å². The van der Waals surface area contributed by atoms with Crippen LogP contribution in [-0.2, 0) is 4.79 Å². The Bertz CT molecular complexity index is 527. The van der Waals surface area contributed by atoms with Crippen LogP contribution in [0.2, 0.25) is 0 Å². The van der Waals surface area contributed by atoms with Gasteiger partial charge in [0, 0.05) is 58.1 Å². The van der Waals surface area contributed by atoms with Gasteiger partial charge in [-0.1, -0.05) is 0 Å². The average Bonchev–Trinajstić information content (AvgIpc) is 2.47. The zero-order valence-corrected chi connectivity index (χ0v) is 12.3. The maximum atomic E-state index is 13.0. The summed E-state index contributed by atoms with van der Waals surface area (Å²) in [5, 5.41) is 0. The predicted octanol–water partition coefficient (Wildman–Crippen LogP) is 0.0667. The largest absolute Gasteiger partial charge is 0.348 e. The molecule has 0 N–H and O–H groups in total. The van der Waals surface area contributed by atoms with E-state index in [9.17, 15) is 14.0 Å². The van der Waals surface area contributed by atoms with Crippen LogP contribution in [0.15, 0.2) is 18.3 Å². The molecule has 21 heavy (non-hydrogen) atoms. The highest BCUT2D eigenvalue weighted by molar-refractivity contribution is 5.94. The van der Waals surface area contributed by atoms with Crippen LogP contribution in [0.1, 0.15) is 10.4 Å². The Labute approximate surface area is 123 Å². The Balaban J connectivity index is 1.89. The van der Waals surface area contributed by atoms with Crippen molar-refractivity contribution in [3.05, 3.63) is 29.8 Å². The summed E-state index contributed by atoms with van der Waals surface area (Å²) in [6, 6.07) is 2.65. The molecule has 0 atom stereocenters. The summed E-state index contributed by atoms with van der Waals surface area (Å²) in [4.78, 5) is 32.5. The second-order valence-corrected chi connectivity index (χ2v) is 5.22. The summed E-state index contributed by atoms with van der Waals surface area (Å²) in [5.74, 6) is -0.808. The molecule has 1 aromatic heterocycles. The van der Waals surface area contributed by atoms with Gasteiger partial charge in [0.25, 0.3) is 5.91 Å². The van der Waals surface area contributed by atoms with E-state index >= 15 is 0 Å². The van der Waals surface area contributed by atoms with E-state index in [1.165, 1.54) is 12.3 Å². The number of halogens is 1. The molecule has 6 nitrogen and oxygen atoms in total. The third kappa shape index (κ3) is 3.98. The first-order valence-corrected chi connectivity index (χ1v) is 6.80. The molecule has 0 spiro atoms. The second kappa shape index (κ2) is 6.62. The molecule has 1 fully saturated rings. The molecule has 0 bridgehead atoms. The molecule has 0 radical (unpaired) electrons. The van der Waals surface area contributed by atoms with E-state index in [2.05, 4.69) is 4.98 Å². The van der Waals surface area contributed by atoms with E-state index in [1.54, 1.807) is 23.9 Å². The van der Waals surface area contributed by atoms with Crippen LogP contribution in [0.25, 0.3) is 0 Å². The zero-order chi connectivity index (χ0) is 15.4. The lowest BCUT2D eigenvalue weighted by atomic mass is 10.2. The lowest BCUT2D eigenvalue weighted by Gasteiger charge is -2.34. The maximum Gasteiger partial charge on any atom is 0.254 e. The van der Waals surface area contributed by atoms with E-state index in [0.29, 0.717) is 38.3 Å². The normalized spacial score (nSPS) is 15.9. The van der Waals surface area contributed by atoms with Crippen LogP contribution in [0, 0.1) is 5.95 Å². The van der Waals surface area contributed by atoms with Gasteiger partial charge in [0.05, 0.1) is 6.54 Å². The third-order valence-electron chi connectivity index (χ3n) is 3.49. The first kappa shape index (κ1) is 15.4. The Kier molecular flexibility index (Phi) is 4.85. The predicted molar refractivity (Wildman–Crippen MR) is 75.2 cm³/mol. The molecule has 2 rings (SSSR count). The molecule has 7 heteroatoms. The van der Waals surface area contributed by atoms with Crippen LogP contribution < -0.4 is 0 Å². The van der Waals surface area contributed by atoms with E-state index in [0.717, 1.165) is 6.07 Å². The van der Waals surface area contributed by atoms with Gasteiger partial charge < -0.3 is 9.80 Å². The second-order valence-electron chi connectivity index (χ2n) is 5.22. The van der Waals surface area contributed by atoms with Gasteiger partial charge in [0.1, 0.15) is 0 Å². The van der Waals surface area contributed by atoms with Crippen molar-refractivity contribution in [1.29, 1.82) is 0 Å². The fraction of sp³-hybridized carbons (Fsp3) is 0.500.